The molecule has 10 nitrogen and oxygen atoms in total. The fourth-order valence-corrected chi connectivity index (χ4v) is 5.56. The number of ether oxygens (including phenoxy) is 2. The van der Waals surface area contributed by atoms with Gasteiger partial charge in [-0.05, 0) is 102 Å². The van der Waals surface area contributed by atoms with Gasteiger partial charge in [-0.1, -0.05) is 42.8 Å². The second kappa shape index (κ2) is 15.4. The summed E-state index contributed by atoms with van der Waals surface area (Å²) in [5.41, 5.74) is 14.8. The predicted octanol–water partition coefficient (Wildman–Crippen LogP) is 3.90. The molecule has 1 heterocycles. The number of rotatable bonds is 17. The number of epoxide rings is 1. The molecule has 7 N–H and O–H groups in total. The van der Waals surface area contributed by atoms with Crippen LogP contribution in [-0.4, -0.2) is 67.3 Å². The molecule has 2 fully saturated rings. The number of allylic oxidation sites excluding steroid dienone is 3. The van der Waals surface area contributed by atoms with Crippen molar-refractivity contribution in [2.45, 2.75) is 77.4 Å². The van der Waals surface area contributed by atoms with Crippen LogP contribution >= 0.6 is 0 Å². The Morgan fingerprint density at radius 2 is 1.80 bits per heavy atom. The maximum Gasteiger partial charge on any atom is 0.234 e. The number of nitrogens with two attached hydrogens (primary N) is 2. The number of hydrogen-bond acceptors (Lipinski definition) is 9. The molecule has 244 valence electrons. The van der Waals surface area contributed by atoms with Crippen LogP contribution in [0.3, 0.4) is 0 Å². The lowest BCUT2D eigenvalue weighted by Gasteiger charge is -2.40. The van der Waals surface area contributed by atoms with E-state index in [4.69, 9.17) is 20.9 Å². The van der Waals surface area contributed by atoms with Crippen molar-refractivity contribution in [2.75, 3.05) is 32.6 Å². The fourth-order valence-electron chi connectivity index (χ4n) is 5.56. The van der Waals surface area contributed by atoms with E-state index in [1.165, 1.54) is 0 Å². The average molecular weight is 620 g/mol. The molecule has 0 spiro atoms. The normalized spacial score (nSPS) is 18.4. The number of Topliss-reactive ketones (excluding diaryl/α,β-unsaturated/α-hetero) is 1. The van der Waals surface area contributed by atoms with Gasteiger partial charge in [0.05, 0.1) is 18.5 Å². The molecule has 0 bridgehead atoms. The molecule has 1 saturated heterocycles. The molecule has 4 rings (SSSR count). The summed E-state index contributed by atoms with van der Waals surface area (Å²) < 4.78 is 11.4. The van der Waals surface area contributed by atoms with Crippen LogP contribution in [0.25, 0.3) is 5.57 Å². The van der Waals surface area contributed by atoms with E-state index in [0.717, 1.165) is 53.8 Å². The number of anilines is 1. The van der Waals surface area contributed by atoms with Crippen molar-refractivity contribution >= 4 is 23.0 Å². The average Bonchev–Trinajstić information content (AvgIpc) is 3.83. The number of hydrogen-bond donors (Lipinski definition) is 5. The number of aliphatic hydroxyl groups excluding tert-OH is 1. The Kier molecular flexibility index (Phi) is 11.7. The Morgan fingerprint density at radius 3 is 2.40 bits per heavy atom. The van der Waals surface area contributed by atoms with Crippen molar-refractivity contribution in [2.24, 2.45) is 16.9 Å². The number of nitrogens with zero attached hydrogens (tertiary/aromatic N) is 1. The number of unbranched alkanes of at least 4 members (excludes halogenated alkanes) is 1. The minimum Gasteiger partial charge on any atom is -0.488 e. The van der Waals surface area contributed by atoms with Crippen molar-refractivity contribution in [1.82, 2.24) is 10.2 Å². The molecule has 0 aromatic heterocycles. The first kappa shape index (κ1) is 34.0. The van der Waals surface area contributed by atoms with E-state index in [0.29, 0.717) is 38.2 Å². The van der Waals surface area contributed by atoms with Gasteiger partial charge in [-0.3, -0.25) is 9.59 Å². The summed E-state index contributed by atoms with van der Waals surface area (Å²) >= 11 is 0. The van der Waals surface area contributed by atoms with E-state index >= 15 is 0 Å². The number of aliphatic hydroxyl groups is 1. The van der Waals surface area contributed by atoms with Crippen molar-refractivity contribution in [3.63, 3.8) is 0 Å². The summed E-state index contributed by atoms with van der Waals surface area (Å²) in [5.74, 6) is 0.601. The third kappa shape index (κ3) is 9.09. The Labute approximate surface area is 266 Å². The molecule has 45 heavy (non-hydrogen) atoms. The van der Waals surface area contributed by atoms with Crippen LogP contribution in [0.5, 0.6) is 5.75 Å². The molecular weight excluding hydrogens is 570 g/mol. The van der Waals surface area contributed by atoms with Gasteiger partial charge in [0.25, 0.3) is 0 Å². The molecule has 2 aromatic carbocycles. The molecule has 1 aliphatic heterocycles. The van der Waals surface area contributed by atoms with Gasteiger partial charge in [-0.25, -0.2) is 0 Å². The maximum atomic E-state index is 13.4. The second-order valence-electron chi connectivity index (χ2n) is 12.5. The minimum absolute atomic E-state index is 0.126. The maximum absolute atomic E-state index is 13.4. The Bertz CT molecular complexity index is 1380. The molecular formula is C35H49N5O5. The SMILES string of the molecule is CC(/C=C(\C)c1ccccc1OCc1ccc(NC(O)C(CCCCN(C)C)NC(=O)C2(C(=O)C3CO3)CCC2)cc1)=C(N)N. The first-order valence-electron chi connectivity index (χ1n) is 15.8. The second-order valence-corrected chi connectivity index (χ2v) is 12.5. The van der Waals surface area contributed by atoms with Gasteiger partial charge in [0.1, 0.15) is 30.1 Å². The lowest BCUT2D eigenvalue weighted by atomic mass is 9.64. The zero-order valence-electron chi connectivity index (χ0n) is 27.0. The van der Waals surface area contributed by atoms with E-state index in [9.17, 15) is 14.7 Å². The van der Waals surface area contributed by atoms with Crippen LogP contribution in [-0.2, 0) is 20.9 Å². The Morgan fingerprint density at radius 1 is 1.11 bits per heavy atom. The van der Waals surface area contributed by atoms with Crippen molar-refractivity contribution in [3.8, 4) is 5.75 Å². The zero-order valence-corrected chi connectivity index (χ0v) is 27.0. The number of amides is 1. The number of carbonyl (C=O) groups excluding carboxylic acids is 2. The van der Waals surface area contributed by atoms with Crippen LogP contribution in [0.15, 0.2) is 66.0 Å². The van der Waals surface area contributed by atoms with E-state index in [-0.39, 0.29) is 17.5 Å². The third-order valence-electron chi connectivity index (χ3n) is 8.67. The summed E-state index contributed by atoms with van der Waals surface area (Å²) in [5, 5.41) is 17.4. The molecule has 2 aromatic rings. The molecule has 1 amide bonds. The fraction of sp³-hybridized carbons (Fsp3) is 0.486. The number of carbonyl (C=O) groups is 2. The predicted molar refractivity (Wildman–Crippen MR) is 177 cm³/mol. The molecule has 2 aliphatic rings. The Balaban J connectivity index is 1.38. The van der Waals surface area contributed by atoms with Crippen LogP contribution in [0, 0.1) is 5.41 Å². The highest BCUT2D eigenvalue weighted by Crippen LogP contribution is 2.45. The standard InChI is InChI=1S/C35H49N5O5/c1-23(20-24(2)32(36)37)27-10-5-6-12-29(27)44-21-25-13-15-26(16-14-25)38-33(42)28(11-7-8-19-40(3)4)39-34(43)35(17-9-18-35)31(41)30-22-45-30/h5-6,10,12-16,20,28,30,33,38,42H,7-9,11,17-19,21-22,36-37H2,1-4H3,(H,39,43)/b23-20+. The quantitative estimate of drug-likeness (QED) is 0.0583. The van der Waals surface area contributed by atoms with Gasteiger partial charge in [-0.2, -0.15) is 0 Å². The smallest absolute Gasteiger partial charge is 0.234 e. The van der Waals surface area contributed by atoms with E-state index in [1.54, 1.807) is 0 Å². The highest BCUT2D eigenvalue weighted by atomic mass is 16.6. The van der Waals surface area contributed by atoms with Crippen LogP contribution < -0.4 is 26.8 Å². The van der Waals surface area contributed by atoms with E-state index < -0.39 is 23.8 Å². The van der Waals surface area contributed by atoms with Gasteiger partial charge in [0.2, 0.25) is 5.91 Å². The summed E-state index contributed by atoms with van der Waals surface area (Å²) in [6.07, 6.45) is 4.63. The first-order valence-corrected chi connectivity index (χ1v) is 15.8. The van der Waals surface area contributed by atoms with E-state index in [2.05, 4.69) is 15.5 Å². The van der Waals surface area contributed by atoms with Gasteiger partial charge < -0.3 is 41.6 Å². The highest BCUT2D eigenvalue weighted by molar-refractivity contribution is 6.09. The largest absolute Gasteiger partial charge is 0.488 e. The van der Waals surface area contributed by atoms with Crippen molar-refractivity contribution < 1.29 is 24.2 Å². The van der Waals surface area contributed by atoms with Crippen molar-refractivity contribution in [3.05, 3.63) is 77.1 Å². The molecule has 1 aliphatic carbocycles. The summed E-state index contributed by atoms with van der Waals surface area (Å²) in [4.78, 5) is 28.5. The lowest BCUT2D eigenvalue weighted by molar-refractivity contribution is -0.150. The topological polar surface area (TPSA) is 155 Å². The number of nitrogens with one attached hydrogen (secondary N) is 2. The summed E-state index contributed by atoms with van der Waals surface area (Å²) in [7, 11) is 4.04. The van der Waals surface area contributed by atoms with Crippen molar-refractivity contribution in [1.29, 1.82) is 0 Å². The van der Waals surface area contributed by atoms with Gasteiger partial charge in [-0.15, -0.1) is 0 Å². The summed E-state index contributed by atoms with van der Waals surface area (Å²) in [6.45, 7) is 5.51. The molecule has 10 heteroatoms. The first-order chi connectivity index (χ1) is 21.5. The zero-order chi connectivity index (χ0) is 32.6. The van der Waals surface area contributed by atoms with Gasteiger partial charge >= 0.3 is 0 Å². The van der Waals surface area contributed by atoms with Gasteiger partial charge in [0, 0.05) is 11.3 Å². The lowest BCUT2D eigenvalue weighted by Crippen LogP contribution is -2.57. The molecule has 0 radical (unpaired) electrons. The third-order valence-corrected chi connectivity index (χ3v) is 8.67. The Hall–Kier alpha value is -3.86. The van der Waals surface area contributed by atoms with Crippen LogP contribution in [0.4, 0.5) is 5.69 Å². The van der Waals surface area contributed by atoms with E-state index in [1.807, 2.05) is 82.5 Å². The number of ketones is 1. The summed E-state index contributed by atoms with van der Waals surface area (Å²) in [6, 6.07) is 14.9. The number of benzene rings is 2. The monoisotopic (exact) mass is 619 g/mol. The minimum atomic E-state index is -1.04. The molecule has 3 atom stereocenters. The van der Waals surface area contributed by atoms with Crippen LogP contribution in [0.1, 0.15) is 63.5 Å². The van der Waals surface area contributed by atoms with Crippen LogP contribution in [0.2, 0.25) is 0 Å². The molecule has 1 saturated carbocycles. The number of para-hydroxylation sites is 1. The highest BCUT2D eigenvalue weighted by Gasteiger charge is 2.56. The van der Waals surface area contributed by atoms with Gasteiger partial charge in [0.15, 0.2) is 5.78 Å². The molecule has 3 unspecified atom stereocenters.